The Kier molecular flexibility index (Phi) is 5.28. The number of halogens is 1. The van der Waals surface area contributed by atoms with Crippen LogP contribution in [-0.4, -0.2) is 23.4 Å². The lowest BCUT2D eigenvalue weighted by atomic mass is 10.0. The summed E-state index contributed by atoms with van der Waals surface area (Å²) in [6.45, 7) is 9.35. The van der Waals surface area contributed by atoms with Crippen molar-refractivity contribution in [3.63, 3.8) is 0 Å². The Labute approximate surface area is 132 Å². The molecule has 1 aliphatic rings. The Morgan fingerprint density at radius 3 is 2.29 bits per heavy atom. The Balaban J connectivity index is 2.23. The van der Waals surface area contributed by atoms with Crippen LogP contribution in [0, 0.1) is 11.8 Å². The monoisotopic (exact) mass is 308 g/mol. The van der Waals surface area contributed by atoms with Crippen LogP contribution in [0.5, 0.6) is 0 Å². The van der Waals surface area contributed by atoms with Gasteiger partial charge < -0.3 is 4.90 Å². The fraction of sp³-hybridized carbons (Fsp3) is 0.588. The number of benzene rings is 1. The Bertz CT molecular complexity index is 484. The van der Waals surface area contributed by atoms with E-state index in [-0.39, 0.29) is 18.1 Å². The van der Waals surface area contributed by atoms with Crippen molar-refractivity contribution in [1.29, 1.82) is 0 Å². The molecule has 0 saturated carbocycles. The number of nitrogens with one attached hydrogen (secondary N) is 1. The average molecular weight is 309 g/mol. The molecule has 1 aliphatic heterocycles. The maximum atomic E-state index is 12.7. The van der Waals surface area contributed by atoms with E-state index in [1.165, 1.54) is 0 Å². The van der Waals surface area contributed by atoms with Gasteiger partial charge in [-0.2, -0.15) is 0 Å². The molecule has 1 saturated heterocycles. The van der Waals surface area contributed by atoms with Crippen molar-refractivity contribution < 1.29 is 4.79 Å². The third-order valence-electron chi connectivity index (χ3n) is 3.71. The summed E-state index contributed by atoms with van der Waals surface area (Å²) < 4.78 is 0. The van der Waals surface area contributed by atoms with Gasteiger partial charge in [-0.3, -0.25) is 10.1 Å². The smallest absolute Gasteiger partial charge is 0.241 e. The zero-order valence-corrected chi connectivity index (χ0v) is 14.0. The highest BCUT2D eigenvalue weighted by Gasteiger charge is 2.39. The van der Waals surface area contributed by atoms with Gasteiger partial charge in [-0.15, -0.1) is 0 Å². The van der Waals surface area contributed by atoms with Gasteiger partial charge in [0.05, 0.1) is 6.04 Å². The molecule has 1 aromatic carbocycles. The number of carbonyl (C=O) groups excluding carboxylic acids is 1. The van der Waals surface area contributed by atoms with Gasteiger partial charge in [0, 0.05) is 11.6 Å². The van der Waals surface area contributed by atoms with E-state index in [0.29, 0.717) is 11.8 Å². The quantitative estimate of drug-likeness (QED) is 0.896. The van der Waals surface area contributed by atoms with Crippen LogP contribution in [0.15, 0.2) is 24.3 Å². The van der Waals surface area contributed by atoms with Gasteiger partial charge in [0.1, 0.15) is 6.17 Å². The van der Waals surface area contributed by atoms with E-state index < -0.39 is 0 Å². The number of rotatable bonds is 5. The van der Waals surface area contributed by atoms with Gasteiger partial charge in [0.15, 0.2) is 0 Å². The molecule has 0 aliphatic carbocycles. The van der Waals surface area contributed by atoms with E-state index in [1.807, 2.05) is 29.2 Å². The summed E-state index contributed by atoms with van der Waals surface area (Å²) in [5.41, 5.74) is 1.10. The fourth-order valence-electron chi connectivity index (χ4n) is 2.83. The van der Waals surface area contributed by atoms with E-state index >= 15 is 0 Å². The molecule has 1 fully saturated rings. The van der Waals surface area contributed by atoms with Crippen LogP contribution in [0.25, 0.3) is 0 Å². The Morgan fingerprint density at radius 1 is 1.14 bits per heavy atom. The maximum absolute atomic E-state index is 12.7. The lowest BCUT2D eigenvalue weighted by Crippen LogP contribution is -2.34. The normalized spacial score (nSPS) is 22.6. The molecule has 2 rings (SSSR count). The van der Waals surface area contributed by atoms with E-state index in [1.54, 1.807) is 0 Å². The predicted octanol–water partition coefficient (Wildman–Crippen LogP) is 3.84. The Hall–Kier alpha value is -1.06. The molecule has 21 heavy (non-hydrogen) atoms. The molecule has 3 nitrogen and oxygen atoms in total. The van der Waals surface area contributed by atoms with Crippen LogP contribution in [0.1, 0.15) is 45.8 Å². The summed E-state index contributed by atoms with van der Waals surface area (Å²) in [7, 11) is 0. The van der Waals surface area contributed by atoms with Crippen molar-refractivity contribution in [3.05, 3.63) is 34.9 Å². The van der Waals surface area contributed by atoms with Crippen LogP contribution in [-0.2, 0) is 4.79 Å². The molecule has 1 amide bonds. The van der Waals surface area contributed by atoms with E-state index in [9.17, 15) is 4.79 Å². The summed E-state index contributed by atoms with van der Waals surface area (Å²) in [5, 5.41) is 4.22. The third kappa shape index (κ3) is 3.98. The number of nitrogens with zero attached hydrogens (tertiary/aromatic N) is 1. The van der Waals surface area contributed by atoms with Crippen LogP contribution in [0.4, 0.5) is 0 Å². The fourth-order valence-corrected chi connectivity index (χ4v) is 2.96. The number of hydrogen-bond acceptors (Lipinski definition) is 2. The first-order chi connectivity index (χ1) is 9.88. The highest BCUT2D eigenvalue weighted by Crippen LogP contribution is 2.29. The largest absolute Gasteiger partial charge is 0.321 e. The first-order valence-electron chi connectivity index (χ1n) is 7.70. The van der Waals surface area contributed by atoms with Crippen LogP contribution < -0.4 is 5.32 Å². The second kappa shape index (κ2) is 6.80. The molecule has 4 heteroatoms. The molecule has 0 bridgehead atoms. The molecule has 0 aromatic heterocycles. The van der Waals surface area contributed by atoms with Gasteiger partial charge in [0.25, 0.3) is 0 Å². The molecule has 2 atom stereocenters. The van der Waals surface area contributed by atoms with E-state index in [4.69, 9.17) is 11.6 Å². The summed E-state index contributed by atoms with van der Waals surface area (Å²) in [4.78, 5) is 14.6. The molecule has 1 aromatic rings. The van der Waals surface area contributed by atoms with E-state index in [2.05, 4.69) is 33.0 Å². The molecule has 0 radical (unpaired) electrons. The van der Waals surface area contributed by atoms with Crippen molar-refractivity contribution in [2.24, 2.45) is 11.8 Å². The zero-order valence-electron chi connectivity index (χ0n) is 13.3. The second-order valence-electron chi connectivity index (χ2n) is 6.69. The van der Waals surface area contributed by atoms with Crippen molar-refractivity contribution >= 4 is 17.5 Å². The molecular formula is C17H25ClN2O. The number of amides is 1. The van der Waals surface area contributed by atoms with E-state index in [0.717, 1.165) is 23.6 Å². The topological polar surface area (TPSA) is 32.3 Å². The average Bonchev–Trinajstić information content (AvgIpc) is 2.68. The second-order valence-corrected chi connectivity index (χ2v) is 7.12. The van der Waals surface area contributed by atoms with Crippen molar-refractivity contribution in [2.45, 2.75) is 46.3 Å². The minimum absolute atomic E-state index is 0.0408. The molecule has 116 valence electrons. The predicted molar refractivity (Wildman–Crippen MR) is 87.1 cm³/mol. The highest BCUT2D eigenvalue weighted by atomic mass is 35.5. The molecule has 0 spiro atoms. The lowest BCUT2D eigenvalue weighted by molar-refractivity contribution is -0.130. The first kappa shape index (κ1) is 16.3. The van der Waals surface area contributed by atoms with Crippen LogP contribution >= 0.6 is 11.6 Å². The zero-order chi connectivity index (χ0) is 15.6. The number of carbonyl (C=O) groups is 1. The van der Waals surface area contributed by atoms with Crippen molar-refractivity contribution in [3.8, 4) is 0 Å². The molecular weight excluding hydrogens is 284 g/mol. The summed E-state index contributed by atoms with van der Waals surface area (Å²) in [5.74, 6) is 1.16. The summed E-state index contributed by atoms with van der Waals surface area (Å²) in [6, 6.07) is 7.68. The Morgan fingerprint density at radius 2 is 1.76 bits per heavy atom. The minimum atomic E-state index is -0.0792. The standard InChI is InChI=1S/C17H25ClN2O/c1-11(2)9-15-17(21)20(10-12(3)4)16(19-15)13-5-7-14(18)8-6-13/h5-8,11-12,15-16,19H,9-10H2,1-4H3. The van der Waals surface area contributed by atoms with Crippen LogP contribution in [0.3, 0.4) is 0 Å². The third-order valence-corrected chi connectivity index (χ3v) is 3.96. The van der Waals surface area contributed by atoms with Gasteiger partial charge in [-0.05, 0) is 36.0 Å². The summed E-state index contributed by atoms with van der Waals surface area (Å²) >= 11 is 5.96. The van der Waals surface area contributed by atoms with Gasteiger partial charge >= 0.3 is 0 Å². The molecule has 1 heterocycles. The van der Waals surface area contributed by atoms with Gasteiger partial charge in [-0.1, -0.05) is 51.4 Å². The van der Waals surface area contributed by atoms with Crippen molar-refractivity contribution in [2.75, 3.05) is 6.54 Å². The molecule has 1 N–H and O–H groups in total. The maximum Gasteiger partial charge on any atom is 0.241 e. The highest BCUT2D eigenvalue weighted by molar-refractivity contribution is 6.30. The lowest BCUT2D eigenvalue weighted by Gasteiger charge is -2.26. The van der Waals surface area contributed by atoms with Gasteiger partial charge in [0.2, 0.25) is 5.91 Å². The number of hydrogen-bond donors (Lipinski definition) is 1. The van der Waals surface area contributed by atoms with Gasteiger partial charge in [-0.25, -0.2) is 0 Å². The minimum Gasteiger partial charge on any atom is -0.321 e. The van der Waals surface area contributed by atoms with Crippen LogP contribution in [0.2, 0.25) is 5.02 Å². The summed E-state index contributed by atoms with van der Waals surface area (Å²) in [6.07, 6.45) is 0.832. The van der Waals surface area contributed by atoms with Crippen molar-refractivity contribution in [1.82, 2.24) is 10.2 Å². The SMILES string of the molecule is CC(C)CC1NC(c2ccc(Cl)cc2)N(CC(C)C)C1=O. The molecule has 2 unspecified atom stereocenters. The first-order valence-corrected chi connectivity index (χ1v) is 8.08.